The Bertz CT molecular complexity index is 717. The van der Waals surface area contributed by atoms with Crippen LogP contribution in [0.5, 0.6) is 0 Å². The van der Waals surface area contributed by atoms with E-state index < -0.39 is 43.4 Å². The summed E-state index contributed by atoms with van der Waals surface area (Å²) in [7, 11) is 0. The molecule has 0 aliphatic carbocycles. The maximum absolute atomic E-state index is 12.6. The van der Waals surface area contributed by atoms with E-state index in [4.69, 9.17) is 18.9 Å². The summed E-state index contributed by atoms with van der Waals surface area (Å²) in [5, 5.41) is 39.8. The highest BCUT2D eigenvalue weighted by atomic mass is 16.7. The van der Waals surface area contributed by atoms with E-state index in [0.717, 1.165) is 44.9 Å². The summed E-state index contributed by atoms with van der Waals surface area (Å²) in [4.78, 5) is 12.6. The molecule has 1 aliphatic heterocycles. The first-order valence-electron chi connectivity index (χ1n) is 18.8. The minimum atomic E-state index is -1.53. The van der Waals surface area contributed by atoms with Crippen LogP contribution in [0.3, 0.4) is 0 Å². The third-order valence-electron chi connectivity index (χ3n) is 8.68. The molecule has 0 amide bonds. The van der Waals surface area contributed by atoms with Gasteiger partial charge < -0.3 is 39.4 Å². The highest BCUT2D eigenvalue weighted by Gasteiger charge is 2.44. The van der Waals surface area contributed by atoms with Gasteiger partial charge in [0.05, 0.1) is 19.8 Å². The number of allylic oxidation sites excluding steroid dienone is 2. The Morgan fingerprint density at radius 3 is 1.76 bits per heavy atom. The summed E-state index contributed by atoms with van der Waals surface area (Å²) in [5.74, 6) is -0.323. The van der Waals surface area contributed by atoms with Gasteiger partial charge in [-0.1, -0.05) is 122 Å². The van der Waals surface area contributed by atoms with Gasteiger partial charge in [0, 0.05) is 13.0 Å². The van der Waals surface area contributed by atoms with E-state index >= 15 is 0 Å². The summed E-state index contributed by atoms with van der Waals surface area (Å²) in [6, 6.07) is 0. The average Bonchev–Trinajstić information content (AvgIpc) is 3.05. The van der Waals surface area contributed by atoms with Crippen LogP contribution in [0.1, 0.15) is 155 Å². The molecule has 6 unspecified atom stereocenters. The first-order chi connectivity index (χ1) is 22.4. The van der Waals surface area contributed by atoms with E-state index in [0.29, 0.717) is 13.0 Å². The average molecular weight is 659 g/mol. The highest BCUT2D eigenvalue weighted by Crippen LogP contribution is 2.22. The van der Waals surface area contributed by atoms with Gasteiger partial charge in [-0.15, -0.1) is 0 Å². The van der Waals surface area contributed by atoms with E-state index in [1.54, 1.807) is 0 Å². The molecule has 0 spiro atoms. The third kappa shape index (κ3) is 21.7. The number of hydrogen-bond donors (Lipinski definition) is 4. The molecule has 6 atom stereocenters. The number of hydrogen-bond acceptors (Lipinski definition) is 9. The largest absolute Gasteiger partial charge is 0.457 e. The lowest BCUT2D eigenvalue weighted by Crippen LogP contribution is -2.59. The summed E-state index contributed by atoms with van der Waals surface area (Å²) in [6.07, 6.45) is 22.4. The van der Waals surface area contributed by atoms with Gasteiger partial charge in [-0.2, -0.15) is 0 Å². The predicted octanol–water partition coefficient (Wildman–Crippen LogP) is 6.91. The van der Waals surface area contributed by atoms with Crippen molar-refractivity contribution < 1.29 is 44.2 Å². The lowest BCUT2D eigenvalue weighted by molar-refractivity contribution is -0.305. The van der Waals surface area contributed by atoms with Gasteiger partial charge >= 0.3 is 5.97 Å². The fourth-order valence-electron chi connectivity index (χ4n) is 5.66. The molecule has 9 nitrogen and oxygen atoms in total. The van der Waals surface area contributed by atoms with E-state index in [1.807, 2.05) is 0 Å². The standard InChI is InChI=1S/C37H70O9/c1-3-5-7-9-11-13-14-15-16-17-18-19-20-22-24-26-33(39)45-31(29-43-27-25-23-21-12-10-8-6-4-2)30-44-37-36(42)35(41)34(40)32(28-38)46-37/h15-16,31-32,34-38,40-42H,3-14,17-30H2,1-2H3/b16-15-. The van der Waals surface area contributed by atoms with Gasteiger partial charge in [-0.25, -0.2) is 0 Å². The fraction of sp³-hybridized carbons (Fsp3) is 0.919. The Hall–Kier alpha value is -1.07. The van der Waals surface area contributed by atoms with Crippen LogP contribution in [0.4, 0.5) is 0 Å². The molecule has 1 saturated heterocycles. The molecule has 0 aromatic rings. The first kappa shape index (κ1) is 43.0. The van der Waals surface area contributed by atoms with Crippen molar-refractivity contribution in [1.29, 1.82) is 0 Å². The van der Waals surface area contributed by atoms with Crippen LogP contribution in [0.2, 0.25) is 0 Å². The number of aliphatic hydroxyl groups is 4. The zero-order chi connectivity index (χ0) is 33.7. The Morgan fingerprint density at radius 2 is 1.20 bits per heavy atom. The quantitative estimate of drug-likeness (QED) is 0.0356. The lowest BCUT2D eigenvalue weighted by atomic mass is 9.99. The fourth-order valence-corrected chi connectivity index (χ4v) is 5.66. The SMILES string of the molecule is CCCCCCCC/C=C\CCCCCCCC(=O)OC(COCCCCCCCCCC)COC1OC(CO)C(O)C(O)C1O. The van der Waals surface area contributed by atoms with Gasteiger partial charge in [0.25, 0.3) is 0 Å². The number of ether oxygens (including phenoxy) is 4. The van der Waals surface area contributed by atoms with Crippen LogP contribution in [0.15, 0.2) is 12.2 Å². The van der Waals surface area contributed by atoms with E-state index in [-0.39, 0.29) is 19.2 Å². The van der Waals surface area contributed by atoms with Crippen molar-refractivity contribution in [2.24, 2.45) is 0 Å². The van der Waals surface area contributed by atoms with Crippen molar-refractivity contribution in [2.75, 3.05) is 26.4 Å². The van der Waals surface area contributed by atoms with Gasteiger partial charge in [0.1, 0.15) is 30.5 Å². The second-order valence-corrected chi connectivity index (χ2v) is 13.0. The molecule has 1 aliphatic rings. The Labute approximate surface area is 280 Å². The van der Waals surface area contributed by atoms with E-state index in [1.165, 1.54) is 89.9 Å². The monoisotopic (exact) mass is 659 g/mol. The molecule has 46 heavy (non-hydrogen) atoms. The molecule has 0 aromatic carbocycles. The first-order valence-corrected chi connectivity index (χ1v) is 18.8. The smallest absolute Gasteiger partial charge is 0.306 e. The topological polar surface area (TPSA) is 135 Å². The maximum Gasteiger partial charge on any atom is 0.306 e. The summed E-state index contributed by atoms with van der Waals surface area (Å²) in [6.45, 7) is 4.51. The summed E-state index contributed by atoms with van der Waals surface area (Å²) < 4.78 is 22.6. The van der Waals surface area contributed by atoms with Crippen molar-refractivity contribution in [2.45, 2.75) is 192 Å². The van der Waals surface area contributed by atoms with Crippen LogP contribution in [-0.2, 0) is 23.7 Å². The predicted molar refractivity (Wildman–Crippen MR) is 182 cm³/mol. The van der Waals surface area contributed by atoms with Gasteiger partial charge in [-0.05, 0) is 38.5 Å². The van der Waals surface area contributed by atoms with Crippen LogP contribution < -0.4 is 0 Å². The van der Waals surface area contributed by atoms with Crippen molar-refractivity contribution in [3.63, 3.8) is 0 Å². The molecule has 0 saturated carbocycles. The number of carbonyl (C=O) groups excluding carboxylic acids is 1. The van der Waals surface area contributed by atoms with Gasteiger partial charge in [0.15, 0.2) is 6.29 Å². The molecule has 4 N–H and O–H groups in total. The van der Waals surface area contributed by atoms with Crippen LogP contribution >= 0.6 is 0 Å². The van der Waals surface area contributed by atoms with Crippen molar-refractivity contribution in [3.05, 3.63) is 12.2 Å². The molecular weight excluding hydrogens is 588 g/mol. The molecule has 0 bridgehead atoms. The van der Waals surface area contributed by atoms with Gasteiger partial charge in [0.2, 0.25) is 0 Å². The molecule has 272 valence electrons. The summed E-state index contributed by atoms with van der Waals surface area (Å²) >= 11 is 0. The second-order valence-electron chi connectivity index (χ2n) is 13.0. The zero-order valence-electron chi connectivity index (χ0n) is 29.3. The number of rotatable bonds is 31. The molecular formula is C37H70O9. The van der Waals surface area contributed by atoms with Crippen molar-refractivity contribution >= 4 is 5.97 Å². The lowest BCUT2D eigenvalue weighted by Gasteiger charge is -2.39. The van der Waals surface area contributed by atoms with Crippen LogP contribution in [0, 0.1) is 0 Å². The Morgan fingerprint density at radius 1 is 0.674 bits per heavy atom. The normalized spacial score (nSPS) is 22.4. The molecule has 1 heterocycles. The van der Waals surface area contributed by atoms with Crippen LogP contribution in [-0.4, -0.2) is 89.6 Å². The Balaban J connectivity index is 2.32. The van der Waals surface area contributed by atoms with E-state index in [2.05, 4.69) is 26.0 Å². The maximum atomic E-state index is 12.6. The second kappa shape index (κ2) is 30.0. The molecule has 1 fully saturated rings. The molecule has 0 aromatic heterocycles. The van der Waals surface area contributed by atoms with Crippen molar-refractivity contribution in [3.8, 4) is 0 Å². The minimum Gasteiger partial charge on any atom is -0.457 e. The highest BCUT2D eigenvalue weighted by molar-refractivity contribution is 5.69. The number of esters is 1. The molecule has 0 radical (unpaired) electrons. The number of unbranched alkanes of at least 4 members (excludes halogenated alkanes) is 18. The van der Waals surface area contributed by atoms with Crippen LogP contribution in [0.25, 0.3) is 0 Å². The summed E-state index contributed by atoms with van der Waals surface area (Å²) in [5.41, 5.74) is 0. The van der Waals surface area contributed by atoms with Gasteiger partial charge in [-0.3, -0.25) is 4.79 Å². The molecule has 1 rings (SSSR count). The van der Waals surface area contributed by atoms with E-state index in [9.17, 15) is 25.2 Å². The molecule has 9 heteroatoms. The minimum absolute atomic E-state index is 0.113. The number of aliphatic hydroxyl groups excluding tert-OH is 4. The third-order valence-corrected chi connectivity index (χ3v) is 8.68. The number of carbonyl (C=O) groups is 1. The zero-order valence-corrected chi connectivity index (χ0v) is 29.3. The Kier molecular flexibility index (Phi) is 28.0. The van der Waals surface area contributed by atoms with Crippen molar-refractivity contribution in [1.82, 2.24) is 0 Å².